The van der Waals surface area contributed by atoms with E-state index in [0.29, 0.717) is 38.4 Å². The van der Waals surface area contributed by atoms with Gasteiger partial charge in [-0.05, 0) is 31.1 Å². The van der Waals surface area contributed by atoms with Crippen molar-refractivity contribution in [2.24, 2.45) is 28.6 Å². The number of nitrogens with zero attached hydrogens (tertiary/aromatic N) is 1. The van der Waals surface area contributed by atoms with Crippen LogP contribution in [0, 0.1) is 28.6 Å². The number of amides is 1. The first-order valence-corrected chi connectivity index (χ1v) is 11.8. The van der Waals surface area contributed by atoms with Crippen LogP contribution in [0.5, 0.6) is 0 Å². The summed E-state index contributed by atoms with van der Waals surface area (Å²) < 4.78 is 24.9. The lowest BCUT2D eigenvalue weighted by molar-refractivity contribution is -0.462. The van der Waals surface area contributed by atoms with Crippen LogP contribution in [-0.4, -0.2) is 71.5 Å². The number of carbonyl (C=O) groups excluding carboxylic acids is 2. The van der Waals surface area contributed by atoms with Crippen LogP contribution in [-0.2, 0) is 28.5 Å². The third kappa shape index (κ3) is 1.91. The van der Waals surface area contributed by atoms with Crippen molar-refractivity contribution in [1.82, 2.24) is 4.90 Å². The van der Waals surface area contributed by atoms with Crippen molar-refractivity contribution in [1.29, 1.82) is 0 Å². The lowest BCUT2D eigenvalue weighted by atomic mass is 9.41. The van der Waals surface area contributed by atoms with Crippen LogP contribution in [0.15, 0.2) is 0 Å². The van der Waals surface area contributed by atoms with Gasteiger partial charge in [0, 0.05) is 36.0 Å². The summed E-state index contributed by atoms with van der Waals surface area (Å²) in [5.41, 5.74) is -1.46. The Morgan fingerprint density at radius 2 is 1.94 bits per heavy atom. The molecule has 2 spiro atoms. The van der Waals surface area contributed by atoms with Gasteiger partial charge in [0.15, 0.2) is 5.79 Å². The maximum absolute atomic E-state index is 14.0. The molecule has 170 valence electrons. The minimum absolute atomic E-state index is 0.202. The Labute approximate surface area is 181 Å². The Bertz CT molecular complexity index is 859. The minimum Gasteiger partial charge on any atom is -0.388 e. The third-order valence-corrected chi connectivity index (χ3v) is 10.7. The summed E-state index contributed by atoms with van der Waals surface area (Å²) in [4.78, 5) is 27.0. The van der Waals surface area contributed by atoms with Gasteiger partial charge in [0.05, 0.1) is 31.0 Å². The molecule has 4 aliphatic heterocycles. The van der Waals surface area contributed by atoms with Gasteiger partial charge in [-0.1, -0.05) is 13.8 Å². The molecule has 4 aliphatic carbocycles. The molecule has 4 bridgehead atoms. The van der Waals surface area contributed by atoms with Crippen molar-refractivity contribution in [2.45, 2.75) is 88.4 Å². The Hall–Kier alpha value is -1.06. The summed E-state index contributed by atoms with van der Waals surface area (Å²) in [5.74, 6) is -0.0866. The van der Waals surface area contributed by atoms with Gasteiger partial charge in [-0.3, -0.25) is 14.5 Å². The van der Waals surface area contributed by atoms with Gasteiger partial charge < -0.3 is 24.1 Å². The van der Waals surface area contributed by atoms with Crippen LogP contribution in [0.2, 0.25) is 0 Å². The summed E-state index contributed by atoms with van der Waals surface area (Å²) in [7, 11) is 0. The smallest absolute Gasteiger partial charge is 0.243 e. The predicted octanol–water partition coefficient (Wildman–Crippen LogP) is 1.19. The summed E-state index contributed by atoms with van der Waals surface area (Å²) in [6.45, 7) is 5.49. The van der Waals surface area contributed by atoms with Crippen LogP contribution in [0.4, 0.5) is 0 Å². The lowest BCUT2D eigenvalue weighted by Crippen LogP contribution is -2.84. The normalized spacial score (nSPS) is 58.4. The van der Waals surface area contributed by atoms with E-state index in [2.05, 4.69) is 13.8 Å². The molecule has 8 heteroatoms. The second-order valence-electron chi connectivity index (χ2n) is 11.4. The van der Waals surface area contributed by atoms with Crippen LogP contribution in [0.3, 0.4) is 0 Å². The number of ketones is 1. The topological polar surface area (TPSA) is 94.5 Å². The van der Waals surface area contributed by atoms with E-state index in [1.807, 2.05) is 0 Å². The Kier molecular flexibility index (Phi) is 3.57. The third-order valence-electron chi connectivity index (χ3n) is 10.7. The molecular weight excluding hydrogens is 402 g/mol. The summed E-state index contributed by atoms with van der Waals surface area (Å²) >= 11 is 0. The first kappa shape index (κ1) is 19.4. The van der Waals surface area contributed by atoms with Crippen LogP contribution in [0.1, 0.15) is 52.4 Å². The van der Waals surface area contributed by atoms with Gasteiger partial charge in [-0.15, -0.1) is 0 Å². The van der Waals surface area contributed by atoms with E-state index in [4.69, 9.17) is 18.9 Å². The van der Waals surface area contributed by atoms with Crippen molar-refractivity contribution in [3.05, 3.63) is 0 Å². The van der Waals surface area contributed by atoms with Gasteiger partial charge in [0.1, 0.15) is 11.9 Å². The number of fused-ring (bicyclic) bond motifs is 4. The molecule has 4 unspecified atom stereocenters. The molecule has 31 heavy (non-hydrogen) atoms. The van der Waals surface area contributed by atoms with E-state index in [-0.39, 0.29) is 29.1 Å². The number of hydrogen-bond donors (Lipinski definition) is 1. The highest BCUT2D eigenvalue weighted by molar-refractivity contribution is 5.85. The van der Waals surface area contributed by atoms with Crippen LogP contribution < -0.4 is 0 Å². The maximum Gasteiger partial charge on any atom is 0.243 e. The molecule has 4 saturated carbocycles. The quantitative estimate of drug-likeness (QED) is 0.621. The first-order valence-electron chi connectivity index (χ1n) is 11.8. The monoisotopic (exact) mass is 433 g/mol. The largest absolute Gasteiger partial charge is 0.388 e. The summed E-state index contributed by atoms with van der Waals surface area (Å²) in [6, 6.07) is -0.307. The highest BCUT2D eigenvalue weighted by Crippen LogP contribution is 2.72. The van der Waals surface area contributed by atoms with Crippen molar-refractivity contribution in [3.8, 4) is 0 Å². The predicted molar refractivity (Wildman–Crippen MR) is 104 cm³/mol. The molecule has 10 atom stereocenters. The molecule has 4 heterocycles. The molecule has 8 aliphatic rings. The molecule has 8 rings (SSSR count). The molecule has 0 aromatic carbocycles. The molecule has 8 nitrogen and oxygen atoms in total. The maximum atomic E-state index is 14.0. The number of rotatable bonds is 1. The average Bonchev–Trinajstić information content (AvgIpc) is 3.32. The molecule has 1 N–H and O–H groups in total. The van der Waals surface area contributed by atoms with E-state index < -0.39 is 35.4 Å². The summed E-state index contributed by atoms with van der Waals surface area (Å²) in [6.07, 6.45) is 3.21. The zero-order chi connectivity index (χ0) is 21.4. The van der Waals surface area contributed by atoms with E-state index in [1.165, 1.54) is 4.90 Å². The number of aliphatic hydroxyl groups excluding tert-OH is 1. The summed E-state index contributed by atoms with van der Waals surface area (Å²) in [5, 5.41) is 11.2. The number of Topliss-reactive ketones (excluding diaryl/α,β-unsaturated/α-hetero) is 1. The number of aliphatic hydroxyl groups is 1. The zero-order valence-electron chi connectivity index (χ0n) is 18.1. The number of hydrogen-bond acceptors (Lipinski definition) is 7. The highest BCUT2D eigenvalue weighted by atomic mass is 16.7. The Balaban J connectivity index is 1.31. The molecule has 8 fully saturated rings. The minimum atomic E-state index is -0.806. The average molecular weight is 434 g/mol. The number of ether oxygens (including phenoxy) is 4. The van der Waals surface area contributed by atoms with E-state index in [1.54, 1.807) is 0 Å². The standard InChI is InChI=1S/C23H31NO7/c1-20-10-15(26)16-12(13(20)4-6-23(20)28-7-8-29-23)3-5-22-9-14-17(27)18(21(16,22)2)30-19(31-22)24(14)11-25/h11-14,16-19,27H,3-10H2,1-2H3/t12?,13-,14?,16+,17+,18?,19-,20-,21-,22?/m0/s1. The molecular formula is C23H31NO7. The molecule has 4 saturated heterocycles. The second kappa shape index (κ2) is 5.70. The van der Waals surface area contributed by atoms with E-state index >= 15 is 0 Å². The van der Waals surface area contributed by atoms with Crippen LogP contribution >= 0.6 is 0 Å². The molecule has 0 aromatic rings. The van der Waals surface area contributed by atoms with Gasteiger partial charge in [-0.25, -0.2) is 0 Å². The first-order chi connectivity index (χ1) is 14.8. The Morgan fingerprint density at radius 1 is 1.16 bits per heavy atom. The Morgan fingerprint density at radius 3 is 2.68 bits per heavy atom. The van der Waals surface area contributed by atoms with Gasteiger partial charge in [0.2, 0.25) is 12.8 Å². The SMILES string of the molecule is C[C@]12CC(=O)[C@H]3C(CCC45CC6[C@@H](O)C(O[C@@H](O4)N6C=O)[C@]35C)[C@@H]1CCC21OCCO1. The van der Waals surface area contributed by atoms with E-state index in [9.17, 15) is 14.7 Å². The fourth-order valence-electron chi connectivity index (χ4n) is 9.43. The zero-order valence-corrected chi connectivity index (χ0v) is 18.1. The lowest BCUT2D eigenvalue weighted by Gasteiger charge is -2.73. The van der Waals surface area contributed by atoms with Crippen LogP contribution in [0.25, 0.3) is 0 Å². The highest BCUT2D eigenvalue weighted by Gasteiger charge is 2.78. The van der Waals surface area contributed by atoms with Crippen molar-refractivity contribution in [2.75, 3.05) is 13.2 Å². The fraction of sp³-hybridized carbons (Fsp3) is 0.913. The van der Waals surface area contributed by atoms with Crippen molar-refractivity contribution in [3.63, 3.8) is 0 Å². The van der Waals surface area contributed by atoms with Crippen molar-refractivity contribution < 1.29 is 33.6 Å². The second-order valence-corrected chi connectivity index (χ2v) is 11.4. The van der Waals surface area contributed by atoms with Crippen molar-refractivity contribution >= 4 is 12.2 Å². The molecule has 0 radical (unpaired) electrons. The molecule has 1 amide bonds. The van der Waals surface area contributed by atoms with Gasteiger partial charge >= 0.3 is 0 Å². The van der Waals surface area contributed by atoms with Gasteiger partial charge in [0.25, 0.3) is 0 Å². The van der Waals surface area contributed by atoms with Gasteiger partial charge in [-0.2, -0.15) is 0 Å². The van der Waals surface area contributed by atoms with E-state index in [0.717, 1.165) is 25.7 Å². The molecule has 0 aromatic heterocycles. The fourth-order valence-corrected chi connectivity index (χ4v) is 9.43. The number of carbonyl (C=O) groups is 2.